The van der Waals surface area contributed by atoms with Gasteiger partial charge in [-0.3, -0.25) is 0 Å². The van der Waals surface area contributed by atoms with Crippen LogP contribution >= 0.6 is 0 Å². The first-order valence-corrected chi connectivity index (χ1v) is 7.70. The molecule has 1 unspecified atom stereocenters. The number of nitrogens with one attached hydrogen (secondary N) is 2. The first kappa shape index (κ1) is 12.1. The molecule has 3 nitrogen and oxygen atoms in total. The van der Waals surface area contributed by atoms with Gasteiger partial charge in [-0.25, -0.2) is 0 Å². The Morgan fingerprint density at radius 2 is 2.00 bits per heavy atom. The number of hydrogen-bond acceptors (Lipinski definition) is 2. The minimum Gasteiger partial charge on any atom is -0.464 e. The molecule has 4 aromatic rings. The van der Waals surface area contributed by atoms with Crippen LogP contribution in [0.3, 0.4) is 0 Å². The third kappa shape index (κ3) is 1.66. The van der Waals surface area contributed by atoms with Gasteiger partial charge in [0.1, 0.15) is 5.58 Å². The smallest absolute Gasteiger partial charge is 0.133 e. The monoisotopic (exact) mass is 288 g/mol. The fourth-order valence-electron chi connectivity index (χ4n) is 3.63. The number of rotatable bonds is 1. The second-order valence-electron chi connectivity index (χ2n) is 5.92. The number of H-pyrrole nitrogens is 1. The highest BCUT2D eigenvalue weighted by molar-refractivity contribution is 5.85. The van der Waals surface area contributed by atoms with E-state index in [9.17, 15) is 0 Å². The number of aromatic nitrogens is 1. The first-order chi connectivity index (χ1) is 10.9. The van der Waals surface area contributed by atoms with E-state index in [0.29, 0.717) is 0 Å². The lowest BCUT2D eigenvalue weighted by molar-refractivity contribution is 0.560. The van der Waals surface area contributed by atoms with Gasteiger partial charge in [0, 0.05) is 28.5 Å². The largest absolute Gasteiger partial charge is 0.464 e. The minimum atomic E-state index is 0.218. The fourth-order valence-corrected chi connectivity index (χ4v) is 3.63. The molecule has 0 amide bonds. The van der Waals surface area contributed by atoms with Gasteiger partial charge in [0.2, 0.25) is 0 Å². The van der Waals surface area contributed by atoms with Crippen molar-refractivity contribution in [1.82, 2.24) is 10.3 Å². The van der Waals surface area contributed by atoms with Gasteiger partial charge in [0.15, 0.2) is 0 Å². The summed E-state index contributed by atoms with van der Waals surface area (Å²) in [5.74, 6) is 0. The second kappa shape index (κ2) is 4.49. The third-order valence-electron chi connectivity index (χ3n) is 4.67. The number of furan rings is 1. The normalized spacial score (nSPS) is 17.9. The van der Waals surface area contributed by atoms with Crippen molar-refractivity contribution in [2.24, 2.45) is 0 Å². The van der Waals surface area contributed by atoms with E-state index >= 15 is 0 Å². The molecule has 2 aromatic carbocycles. The molecular weight excluding hydrogens is 272 g/mol. The maximum Gasteiger partial charge on any atom is 0.133 e. The van der Waals surface area contributed by atoms with Crippen molar-refractivity contribution in [2.45, 2.75) is 12.5 Å². The van der Waals surface area contributed by atoms with E-state index in [1.807, 2.05) is 6.07 Å². The number of para-hydroxylation sites is 1. The predicted octanol–water partition coefficient (Wildman–Crippen LogP) is 4.15. The number of aromatic amines is 1. The molecule has 3 heteroatoms. The summed E-state index contributed by atoms with van der Waals surface area (Å²) in [6, 6.07) is 17.2. The Morgan fingerprint density at radius 1 is 1.05 bits per heavy atom. The molecule has 5 rings (SSSR count). The van der Waals surface area contributed by atoms with Crippen LogP contribution in [0.25, 0.3) is 21.9 Å². The van der Waals surface area contributed by atoms with Crippen molar-refractivity contribution >= 4 is 21.9 Å². The molecule has 1 atom stereocenters. The molecule has 1 aliphatic rings. The molecule has 0 saturated carbocycles. The Balaban J connectivity index is 1.70. The number of benzene rings is 2. The van der Waals surface area contributed by atoms with Crippen molar-refractivity contribution in [1.29, 1.82) is 0 Å². The zero-order valence-electron chi connectivity index (χ0n) is 12.1. The van der Waals surface area contributed by atoms with Gasteiger partial charge in [-0.05, 0) is 41.8 Å². The molecule has 2 N–H and O–H groups in total. The summed E-state index contributed by atoms with van der Waals surface area (Å²) in [5.41, 5.74) is 6.20. The Bertz CT molecular complexity index is 979. The molecule has 0 bridgehead atoms. The number of fused-ring (bicyclic) bond motifs is 4. The topological polar surface area (TPSA) is 41.0 Å². The van der Waals surface area contributed by atoms with Crippen LogP contribution in [0.15, 0.2) is 59.2 Å². The highest BCUT2D eigenvalue weighted by Crippen LogP contribution is 2.34. The molecule has 0 spiro atoms. The molecule has 2 aromatic heterocycles. The summed E-state index contributed by atoms with van der Waals surface area (Å²) in [7, 11) is 0. The van der Waals surface area contributed by atoms with Gasteiger partial charge in [0.25, 0.3) is 0 Å². The van der Waals surface area contributed by atoms with E-state index in [4.69, 9.17) is 4.42 Å². The summed E-state index contributed by atoms with van der Waals surface area (Å²) >= 11 is 0. The highest BCUT2D eigenvalue weighted by Gasteiger charge is 2.25. The van der Waals surface area contributed by atoms with Crippen molar-refractivity contribution in [3.63, 3.8) is 0 Å². The van der Waals surface area contributed by atoms with Crippen molar-refractivity contribution < 1.29 is 4.42 Å². The molecule has 1 aliphatic heterocycles. The Morgan fingerprint density at radius 3 is 3.00 bits per heavy atom. The molecule has 0 radical (unpaired) electrons. The summed E-state index contributed by atoms with van der Waals surface area (Å²) in [4.78, 5) is 3.62. The SMILES string of the molecule is c1ccc2c3c([nH]c2c1)C(c1ccc2occc2c1)NCC3. The molecule has 0 aliphatic carbocycles. The Labute approximate surface area is 127 Å². The van der Waals surface area contributed by atoms with Crippen molar-refractivity contribution in [3.05, 3.63) is 71.6 Å². The van der Waals surface area contributed by atoms with E-state index in [1.54, 1.807) is 6.26 Å². The van der Waals surface area contributed by atoms with Gasteiger partial charge in [-0.1, -0.05) is 24.3 Å². The molecule has 22 heavy (non-hydrogen) atoms. The molecular formula is C19H16N2O. The average molecular weight is 288 g/mol. The van der Waals surface area contributed by atoms with Crippen LogP contribution in [-0.2, 0) is 6.42 Å². The van der Waals surface area contributed by atoms with E-state index in [0.717, 1.165) is 23.9 Å². The summed E-state index contributed by atoms with van der Waals surface area (Å²) in [5, 5.41) is 6.16. The van der Waals surface area contributed by atoms with E-state index < -0.39 is 0 Å². The van der Waals surface area contributed by atoms with Crippen LogP contribution in [0, 0.1) is 0 Å². The summed E-state index contributed by atoms with van der Waals surface area (Å²) in [6.45, 7) is 1.00. The number of hydrogen-bond donors (Lipinski definition) is 2. The van der Waals surface area contributed by atoms with Gasteiger partial charge in [-0.15, -0.1) is 0 Å². The first-order valence-electron chi connectivity index (χ1n) is 7.70. The van der Waals surface area contributed by atoms with Gasteiger partial charge < -0.3 is 14.7 Å². The standard InChI is InChI=1S/C19H16N2O/c1-2-4-16-14(3-1)15-7-9-20-18(19(15)21-16)13-5-6-17-12(11-13)8-10-22-17/h1-6,8,10-11,18,20-21H,7,9H2. The zero-order chi connectivity index (χ0) is 14.5. The van der Waals surface area contributed by atoms with Crippen LogP contribution in [0.2, 0.25) is 0 Å². The van der Waals surface area contributed by atoms with Crippen LogP contribution in [0.4, 0.5) is 0 Å². The van der Waals surface area contributed by atoms with E-state index in [-0.39, 0.29) is 6.04 Å². The second-order valence-corrected chi connectivity index (χ2v) is 5.92. The Hall–Kier alpha value is -2.52. The lowest BCUT2D eigenvalue weighted by atomic mass is 9.94. The van der Waals surface area contributed by atoms with E-state index in [1.165, 1.54) is 27.7 Å². The maximum atomic E-state index is 5.45. The molecule has 3 heterocycles. The highest BCUT2D eigenvalue weighted by atomic mass is 16.3. The van der Waals surface area contributed by atoms with Crippen LogP contribution < -0.4 is 5.32 Å². The van der Waals surface area contributed by atoms with Crippen LogP contribution in [0.5, 0.6) is 0 Å². The quantitative estimate of drug-likeness (QED) is 0.552. The summed E-state index contributed by atoms with van der Waals surface area (Å²) < 4.78 is 5.45. The lowest BCUT2D eigenvalue weighted by Gasteiger charge is -2.24. The Kier molecular flexibility index (Phi) is 2.46. The fraction of sp³-hybridized carbons (Fsp3) is 0.158. The van der Waals surface area contributed by atoms with Gasteiger partial charge in [0.05, 0.1) is 12.3 Å². The van der Waals surface area contributed by atoms with Crippen LogP contribution in [0.1, 0.15) is 22.9 Å². The molecule has 108 valence electrons. The molecule has 0 fully saturated rings. The third-order valence-corrected chi connectivity index (χ3v) is 4.67. The van der Waals surface area contributed by atoms with E-state index in [2.05, 4.69) is 52.8 Å². The van der Waals surface area contributed by atoms with Crippen molar-refractivity contribution in [3.8, 4) is 0 Å². The maximum absolute atomic E-state index is 5.45. The van der Waals surface area contributed by atoms with Gasteiger partial charge >= 0.3 is 0 Å². The van der Waals surface area contributed by atoms with Crippen LogP contribution in [-0.4, -0.2) is 11.5 Å². The summed E-state index contributed by atoms with van der Waals surface area (Å²) in [6.07, 6.45) is 2.82. The average Bonchev–Trinajstić information content (AvgIpc) is 3.18. The zero-order valence-corrected chi connectivity index (χ0v) is 12.1. The predicted molar refractivity (Wildman–Crippen MR) is 88.1 cm³/mol. The molecule has 0 saturated heterocycles. The van der Waals surface area contributed by atoms with Gasteiger partial charge in [-0.2, -0.15) is 0 Å². The minimum absolute atomic E-state index is 0.218. The van der Waals surface area contributed by atoms with Crippen molar-refractivity contribution in [2.75, 3.05) is 6.54 Å². The lowest BCUT2D eigenvalue weighted by Crippen LogP contribution is -2.30.